The number of halogens is 2. The molecule has 1 saturated carbocycles. The van der Waals surface area contributed by atoms with E-state index in [4.69, 9.17) is 5.73 Å². The Morgan fingerprint density at radius 3 is 2.52 bits per heavy atom. The molecule has 7 heteroatoms. The van der Waals surface area contributed by atoms with Crippen LogP contribution in [0.3, 0.4) is 0 Å². The third-order valence-electron chi connectivity index (χ3n) is 6.06. The third-order valence-corrected chi connectivity index (χ3v) is 6.06. The molecule has 0 aromatic heterocycles. The van der Waals surface area contributed by atoms with Crippen LogP contribution in [0.1, 0.15) is 48.7 Å². The Bertz CT molecular complexity index is 946. The average Bonchev–Trinajstić information content (AvgIpc) is 3.50. The first kappa shape index (κ1) is 19.6. The van der Waals surface area contributed by atoms with Gasteiger partial charge >= 0.3 is 0 Å². The molecule has 4 atom stereocenters. The number of nitrogens with zero attached hydrogens (tertiary/aromatic N) is 1. The normalized spacial score (nSPS) is 24.7. The van der Waals surface area contributed by atoms with E-state index in [1.807, 2.05) is 11.0 Å². The van der Waals surface area contributed by atoms with E-state index < -0.39 is 23.8 Å². The van der Waals surface area contributed by atoms with E-state index in [1.165, 1.54) is 6.07 Å². The van der Waals surface area contributed by atoms with E-state index >= 15 is 0 Å². The van der Waals surface area contributed by atoms with Gasteiger partial charge in [0.2, 0.25) is 5.91 Å². The van der Waals surface area contributed by atoms with Crippen molar-refractivity contribution in [1.82, 2.24) is 0 Å². The number of amides is 1. The number of hydrogen-bond acceptors (Lipinski definition) is 4. The molecule has 2 aromatic rings. The van der Waals surface area contributed by atoms with Crippen LogP contribution in [0.5, 0.6) is 0 Å². The molecule has 154 valence electrons. The Morgan fingerprint density at radius 2 is 1.93 bits per heavy atom. The first-order valence-electron chi connectivity index (χ1n) is 9.89. The second-order valence-corrected chi connectivity index (χ2v) is 8.12. The maximum absolute atomic E-state index is 13.8. The second-order valence-electron chi connectivity index (χ2n) is 8.12. The summed E-state index contributed by atoms with van der Waals surface area (Å²) in [6, 6.07) is 8.74. The van der Waals surface area contributed by atoms with Crippen molar-refractivity contribution in [1.29, 1.82) is 0 Å². The maximum atomic E-state index is 13.8. The predicted molar refractivity (Wildman–Crippen MR) is 108 cm³/mol. The van der Waals surface area contributed by atoms with Gasteiger partial charge in [-0.3, -0.25) is 4.79 Å². The molecule has 1 heterocycles. The summed E-state index contributed by atoms with van der Waals surface area (Å²) in [4.78, 5) is 13.8. The monoisotopic (exact) mass is 401 g/mol. The smallest absolute Gasteiger partial charge is 0.248 e. The van der Waals surface area contributed by atoms with Crippen LogP contribution in [0.4, 0.5) is 20.2 Å². The van der Waals surface area contributed by atoms with Crippen molar-refractivity contribution in [3.8, 4) is 0 Å². The number of anilines is 2. The Balaban J connectivity index is 1.82. The minimum atomic E-state index is -0.922. The molecule has 1 fully saturated rings. The van der Waals surface area contributed by atoms with E-state index in [1.54, 1.807) is 19.1 Å². The summed E-state index contributed by atoms with van der Waals surface area (Å²) < 4.78 is 27.1. The highest BCUT2D eigenvalue weighted by Crippen LogP contribution is 2.50. The van der Waals surface area contributed by atoms with Crippen molar-refractivity contribution in [3.63, 3.8) is 0 Å². The number of nitrogens with one attached hydrogen (secondary N) is 1. The van der Waals surface area contributed by atoms with Gasteiger partial charge in [-0.25, -0.2) is 8.78 Å². The van der Waals surface area contributed by atoms with Gasteiger partial charge in [-0.05, 0) is 61.6 Å². The molecule has 0 saturated heterocycles. The zero-order valence-electron chi connectivity index (χ0n) is 16.4. The molecule has 29 heavy (non-hydrogen) atoms. The minimum Gasteiger partial charge on any atom is -0.378 e. The van der Waals surface area contributed by atoms with Gasteiger partial charge in [0.15, 0.2) is 11.6 Å². The first-order valence-corrected chi connectivity index (χ1v) is 9.89. The molecule has 0 spiro atoms. The van der Waals surface area contributed by atoms with Gasteiger partial charge in [0.05, 0.1) is 6.04 Å². The SMILES string of the molecule is CC(O)N1c2ccc(C(N)=O)cc2[C@H](Nc2ccc(F)c(F)c2)[C@@H](C)[C@@H]1C1CC1. The molecule has 1 aliphatic carbocycles. The fourth-order valence-electron chi connectivity index (χ4n) is 4.61. The lowest BCUT2D eigenvalue weighted by Gasteiger charge is -2.48. The average molecular weight is 401 g/mol. The fraction of sp³-hybridized carbons (Fsp3) is 0.409. The molecular formula is C22H25F2N3O2. The summed E-state index contributed by atoms with van der Waals surface area (Å²) in [5.41, 5.74) is 7.92. The van der Waals surface area contributed by atoms with Crippen LogP contribution >= 0.6 is 0 Å². The Kier molecular flexibility index (Phi) is 4.94. The van der Waals surface area contributed by atoms with Crippen molar-refractivity contribution >= 4 is 17.3 Å². The number of fused-ring (bicyclic) bond motifs is 1. The fourth-order valence-corrected chi connectivity index (χ4v) is 4.61. The van der Waals surface area contributed by atoms with Gasteiger partial charge in [0.25, 0.3) is 0 Å². The van der Waals surface area contributed by atoms with E-state index in [-0.39, 0.29) is 18.0 Å². The summed E-state index contributed by atoms with van der Waals surface area (Å²) in [6.45, 7) is 3.81. The molecule has 2 aliphatic rings. The lowest BCUT2D eigenvalue weighted by molar-refractivity contribution is 0.1000. The molecule has 5 nitrogen and oxygen atoms in total. The van der Waals surface area contributed by atoms with E-state index in [9.17, 15) is 18.7 Å². The number of nitrogens with two attached hydrogens (primary N) is 1. The molecule has 4 rings (SSSR count). The largest absolute Gasteiger partial charge is 0.378 e. The number of benzene rings is 2. The Morgan fingerprint density at radius 1 is 1.21 bits per heavy atom. The summed E-state index contributed by atoms with van der Waals surface area (Å²) in [5, 5.41) is 13.9. The molecule has 4 N–H and O–H groups in total. The molecule has 1 aliphatic heterocycles. The van der Waals surface area contributed by atoms with Crippen LogP contribution in [0.25, 0.3) is 0 Å². The number of aliphatic hydroxyl groups is 1. The number of aliphatic hydroxyl groups excluding tert-OH is 1. The third kappa shape index (κ3) is 3.55. The molecule has 0 bridgehead atoms. The Hall–Kier alpha value is -2.67. The van der Waals surface area contributed by atoms with E-state index in [2.05, 4.69) is 12.2 Å². The summed E-state index contributed by atoms with van der Waals surface area (Å²) in [5.74, 6) is -1.87. The van der Waals surface area contributed by atoms with Crippen molar-refractivity contribution in [2.75, 3.05) is 10.2 Å². The first-order chi connectivity index (χ1) is 13.8. The van der Waals surface area contributed by atoms with Gasteiger partial charge in [-0.1, -0.05) is 6.92 Å². The number of carbonyl (C=O) groups is 1. The zero-order valence-corrected chi connectivity index (χ0v) is 16.4. The lowest BCUT2D eigenvalue weighted by Crippen LogP contribution is -2.52. The van der Waals surface area contributed by atoms with Crippen LogP contribution < -0.4 is 16.0 Å². The van der Waals surface area contributed by atoms with Gasteiger partial charge in [0, 0.05) is 35.0 Å². The molecular weight excluding hydrogens is 376 g/mol. The predicted octanol–water partition coefficient (Wildman–Crippen LogP) is 3.79. The van der Waals surface area contributed by atoms with Gasteiger partial charge in [-0.2, -0.15) is 0 Å². The van der Waals surface area contributed by atoms with Crippen LogP contribution in [0.2, 0.25) is 0 Å². The second kappa shape index (κ2) is 7.30. The van der Waals surface area contributed by atoms with Crippen LogP contribution in [-0.2, 0) is 0 Å². The number of primary amides is 1. The quantitative estimate of drug-likeness (QED) is 0.712. The van der Waals surface area contributed by atoms with Crippen LogP contribution in [0.15, 0.2) is 36.4 Å². The van der Waals surface area contributed by atoms with Crippen LogP contribution in [-0.4, -0.2) is 23.3 Å². The summed E-state index contributed by atoms with van der Waals surface area (Å²) in [7, 11) is 0. The van der Waals surface area contributed by atoms with Crippen LogP contribution in [0, 0.1) is 23.5 Å². The number of rotatable bonds is 5. The van der Waals surface area contributed by atoms with Crippen molar-refractivity contribution in [2.45, 2.75) is 45.0 Å². The summed E-state index contributed by atoms with van der Waals surface area (Å²) in [6.07, 6.45) is 1.47. The number of carbonyl (C=O) groups excluding carboxylic acids is 1. The number of hydrogen-bond donors (Lipinski definition) is 3. The zero-order chi connectivity index (χ0) is 20.9. The summed E-state index contributed by atoms with van der Waals surface area (Å²) >= 11 is 0. The highest BCUT2D eigenvalue weighted by atomic mass is 19.2. The lowest BCUT2D eigenvalue weighted by atomic mass is 9.79. The van der Waals surface area contributed by atoms with E-state index in [0.29, 0.717) is 17.2 Å². The molecule has 1 unspecified atom stereocenters. The topological polar surface area (TPSA) is 78.6 Å². The molecule has 1 amide bonds. The standard InChI is InChI=1S/C22H25F2N3O2/c1-11-20(26-15-6-7-17(23)18(24)10-15)16-9-14(22(25)29)5-8-19(16)27(12(2)28)21(11)13-3-4-13/h5-13,20-21,26,28H,3-4H2,1-2H3,(H2,25,29)/t11-,12?,20-,21-/m1/s1. The van der Waals surface area contributed by atoms with Crippen molar-refractivity contribution in [3.05, 3.63) is 59.2 Å². The minimum absolute atomic E-state index is 0.0424. The van der Waals surface area contributed by atoms with E-state index in [0.717, 1.165) is 36.2 Å². The van der Waals surface area contributed by atoms with Crippen molar-refractivity contribution < 1.29 is 18.7 Å². The molecule has 2 aromatic carbocycles. The van der Waals surface area contributed by atoms with Gasteiger partial charge in [0.1, 0.15) is 6.23 Å². The van der Waals surface area contributed by atoms with Gasteiger partial charge in [-0.15, -0.1) is 0 Å². The highest BCUT2D eigenvalue weighted by molar-refractivity contribution is 5.93. The Labute approximate surface area is 168 Å². The highest BCUT2D eigenvalue weighted by Gasteiger charge is 2.47. The maximum Gasteiger partial charge on any atom is 0.248 e. The van der Waals surface area contributed by atoms with Crippen molar-refractivity contribution in [2.24, 2.45) is 17.6 Å². The molecule has 0 radical (unpaired) electrons. The van der Waals surface area contributed by atoms with Gasteiger partial charge < -0.3 is 21.1 Å².